The van der Waals surface area contributed by atoms with Crippen LogP contribution in [0.15, 0.2) is 24.7 Å². The van der Waals surface area contributed by atoms with Crippen molar-refractivity contribution < 1.29 is 0 Å². The standard InChI is InChI=1S/C18H22Cl2N6/c19-14-10-15(20)18(21-12-14)26-8-6-25(7-9-26)17-11-16(22-13-23-17)24-4-2-1-3-5-24/h10-13H,1-9H2. The van der Waals surface area contributed by atoms with Crippen LogP contribution in [-0.2, 0) is 0 Å². The molecule has 0 atom stereocenters. The number of hydrogen-bond acceptors (Lipinski definition) is 6. The Morgan fingerprint density at radius 3 is 1.96 bits per heavy atom. The van der Waals surface area contributed by atoms with Gasteiger partial charge in [0, 0.05) is 51.5 Å². The summed E-state index contributed by atoms with van der Waals surface area (Å²) < 4.78 is 0. The molecule has 0 aliphatic carbocycles. The van der Waals surface area contributed by atoms with E-state index in [4.69, 9.17) is 23.2 Å². The van der Waals surface area contributed by atoms with Crippen molar-refractivity contribution in [1.82, 2.24) is 15.0 Å². The lowest BCUT2D eigenvalue weighted by atomic mass is 10.1. The second kappa shape index (κ2) is 7.84. The van der Waals surface area contributed by atoms with Gasteiger partial charge in [0.15, 0.2) is 0 Å². The van der Waals surface area contributed by atoms with Crippen molar-refractivity contribution in [1.29, 1.82) is 0 Å². The molecule has 8 heteroatoms. The van der Waals surface area contributed by atoms with Gasteiger partial charge in [-0.05, 0) is 25.3 Å². The fourth-order valence-corrected chi connectivity index (χ4v) is 4.09. The number of rotatable bonds is 3. The van der Waals surface area contributed by atoms with E-state index in [0.29, 0.717) is 10.0 Å². The van der Waals surface area contributed by atoms with Gasteiger partial charge in [-0.25, -0.2) is 15.0 Å². The molecular formula is C18H22Cl2N6. The molecule has 2 fully saturated rings. The summed E-state index contributed by atoms with van der Waals surface area (Å²) in [5.41, 5.74) is 0. The lowest BCUT2D eigenvalue weighted by Crippen LogP contribution is -2.47. The van der Waals surface area contributed by atoms with E-state index in [0.717, 1.165) is 56.7 Å². The largest absolute Gasteiger partial charge is 0.356 e. The summed E-state index contributed by atoms with van der Waals surface area (Å²) in [5, 5.41) is 1.16. The van der Waals surface area contributed by atoms with E-state index in [9.17, 15) is 0 Å². The number of halogens is 2. The predicted molar refractivity (Wildman–Crippen MR) is 107 cm³/mol. The predicted octanol–water partition coefficient (Wildman–Crippen LogP) is 3.50. The van der Waals surface area contributed by atoms with Gasteiger partial charge in [-0.3, -0.25) is 0 Å². The molecule has 0 aromatic carbocycles. The first-order valence-electron chi connectivity index (χ1n) is 9.08. The van der Waals surface area contributed by atoms with Crippen LogP contribution in [0.25, 0.3) is 0 Å². The van der Waals surface area contributed by atoms with Crippen molar-refractivity contribution in [3.05, 3.63) is 34.7 Å². The number of aromatic nitrogens is 3. The molecule has 0 radical (unpaired) electrons. The van der Waals surface area contributed by atoms with Gasteiger partial charge in [0.2, 0.25) is 0 Å². The zero-order chi connectivity index (χ0) is 17.9. The van der Waals surface area contributed by atoms with Gasteiger partial charge < -0.3 is 14.7 Å². The average Bonchev–Trinajstić information content (AvgIpc) is 2.69. The third-order valence-electron chi connectivity index (χ3n) is 5.01. The second-order valence-corrected chi connectivity index (χ2v) is 7.56. The van der Waals surface area contributed by atoms with Crippen LogP contribution in [-0.4, -0.2) is 54.2 Å². The summed E-state index contributed by atoms with van der Waals surface area (Å²) in [6, 6.07) is 3.86. The van der Waals surface area contributed by atoms with E-state index in [2.05, 4.69) is 35.7 Å². The van der Waals surface area contributed by atoms with Crippen molar-refractivity contribution in [3.63, 3.8) is 0 Å². The maximum Gasteiger partial charge on any atom is 0.147 e. The van der Waals surface area contributed by atoms with Gasteiger partial charge in [-0.2, -0.15) is 0 Å². The fourth-order valence-electron chi connectivity index (χ4n) is 3.59. The zero-order valence-corrected chi connectivity index (χ0v) is 16.1. The summed E-state index contributed by atoms with van der Waals surface area (Å²) in [6.45, 7) is 5.61. The highest BCUT2D eigenvalue weighted by molar-refractivity contribution is 6.36. The Morgan fingerprint density at radius 1 is 0.692 bits per heavy atom. The zero-order valence-electron chi connectivity index (χ0n) is 14.6. The molecule has 26 heavy (non-hydrogen) atoms. The minimum atomic E-state index is 0.559. The quantitative estimate of drug-likeness (QED) is 0.796. The van der Waals surface area contributed by atoms with Crippen LogP contribution < -0.4 is 14.7 Å². The van der Waals surface area contributed by atoms with Gasteiger partial charge in [0.05, 0.1) is 10.0 Å². The Kier molecular flexibility index (Phi) is 5.31. The Balaban J connectivity index is 1.43. The molecule has 0 bridgehead atoms. The Labute approximate surface area is 163 Å². The molecule has 138 valence electrons. The normalized spacial score (nSPS) is 18.3. The number of pyridine rings is 1. The van der Waals surface area contributed by atoms with Crippen molar-refractivity contribution >= 4 is 40.7 Å². The van der Waals surface area contributed by atoms with E-state index < -0.39 is 0 Å². The number of piperazine rings is 1. The molecule has 0 spiro atoms. The molecule has 2 aliphatic rings. The van der Waals surface area contributed by atoms with Crippen LogP contribution in [0, 0.1) is 0 Å². The first-order chi connectivity index (χ1) is 12.7. The Morgan fingerprint density at radius 2 is 1.31 bits per heavy atom. The van der Waals surface area contributed by atoms with Gasteiger partial charge in [-0.1, -0.05) is 23.2 Å². The number of piperidine rings is 1. The third-order valence-corrected chi connectivity index (χ3v) is 5.49. The molecule has 2 saturated heterocycles. The fraction of sp³-hybridized carbons (Fsp3) is 0.500. The molecule has 2 aromatic heterocycles. The summed E-state index contributed by atoms with van der Waals surface area (Å²) in [5.74, 6) is 2.84. The van der Waals surface area contributed by atoms with Gasteiger partial charge >= 0.3 is 0 Å². The van der Waals surface area contributed by atoms with Crippen LogP contribution in [0.3, 0.4) is 0 Å². The molecule has 0 N–H and O–H groups in total. The van der Waals surface area contributed by atoms with Crippen molar-refractivity contribution in [2.45, 2.75) is 19.3 Å². The highest BCUT2D eigenvalue weighted by Gasteiger charge is 2.22. The third kappa shape index (κ3) is 3.81. The minimum absolute atomic E-state index is 0.559. The van der Waals surface area contributed by atoms with Gasteiger partial charge in [0.1, 0.15) is 23.8 Å². The van der Waals surface area contributed by atoms with Crippen LogP contribution in [0.2, 0.25) is 10.0 Å². The summed E-state index contributed by atoms with van der Waals surface area (Å²) in [4.78, 5) is 20.2. The van der Waals surface area contributed by atoms with Gasteiger partial charge in [0.25, 0.3) is 0 Å². The molecule has 4 rings (SSSR count). The van der Waals surface area contributed by atoms with E-state index in [-0.39, 0.29) is 0 Å². The van der Waals surface area contributed by atoms with E-state index in [1.54, 1.807) is 18.6 Å². The molecule has 6 nitrogen and oxygen atoms in total. The summed E-state index contributed by atoms with van der Waals surface area (Å²) >= 11 is 12.2. The number of hydrogen-bond donors (Lipinski definition) is 0. The van der Waals surface area contributed by atoms with E-state index in [1.807, 2.05) is 0 Å². The van der Waals surface area contributed by atoms with Crippen molar-refractivity contribution in [2.24, 2.45) is 0 Å². The Hall–Kier alpha value is -1.79. The molecule has 4 heterocycles. The molecular weight excluding hydrogens is 371 g/mol. The van der Waals surface area contributed by atoms with Gasteiger partial charge in [-0.15, -0.1) is 0 Å². The van der Waals surface area contributed by atoms with Crippen LogP contribution in [0.1, 0.15) is 19.3 Å². The highest BCUT2D eigenvalue weighted by Crippen LogP contribution is 2.28. The van der Waals surface area contributed by atoms with E-state index in [1.165, 1.54) is 19.3 Å². The lowest BCUT2D eigenvalue weighted by Gasteiger charge is -2.36. The first-order valence-corrected chi connectivity index (χ1v) is 9.84. The topological polar surface area (TPSA) is 48.4 Å². The number of nitrogens with zero attached hydrogens (tertiary/aromatic N) is 6. The lowest BCUT2D eigenvalue weighted by molar-refractivity contribution is 0.572. The minimum Gasteiger partial charge on any atom is -0.356 e. The molecule has 0 amide bonds. The maximum atomic E-state index is 6.29. The average molecular weight is 393 g/mol. The highest BCUT2D eigenvalue weighted by atomic mass is 35.5. The molecule has 2 aliphatic heterocycles. The first kappa shape index (κ1) is 17.6. The molecule has 0 saturated carbocycles. The number of anilines is 3. The maximum absolute atomic E-state index is 6.29. The summed E-state index contributed by atoms with van der Waals surface area (Å²) in [6.07, 6.45) is 7.13. The molecule has 0 unspecified atom stereocenters. The van der Waals surface area contributed by atoms with Crippen molar-refractivity contribution in [3.8, 4) is 0 Å². The van der Waals surface area contributed by atoms with Crippen LogP contribution in [0.5, 0.6) is 0 Å². The molecule has 2 aromatic rings. The second-order valence-electron chi connectivity index (χ2n) is 6.72. The van der Waals surface area contributed by atoms with Crippen LogP contribution in [0.4, 0.5) is 17.5 Å². The SMILES string of the molecule is Clc1cnc(N2CCN(c3cc(N4CCCCC4)ncn3)CC2)c(Cl)c1. The van der Waals surface area contributed by atoms with Crippen molar-refractivity contribution in [2.75, 3.05) is 54.0 Å². The Bertz CT molecular complexity index is 757. The van der Waals surface area contributed by atoms with Crippen LogP contribution >= 0.6 is 23.2 Å². The summed E-state index contributed by atoms with van der Waals surface area (Å²) in [7, 11) is 0. The smallest absolute Gasteiger partial charge is 0.147 e. The monoisotopic (exact) mass is 392 g/mol. The van der Waals surface area contributed by atoms with E-state index >= 15 is 0 Å².